The van der Waals surface area contributed by atoms with Gasteiger partial charge >= 0.3 is 5.97 Å². The van der Waals surface area contributed by atoms with E-state index in [1.165, 1.54) is 13.2 Å². The number of methoxy groups -OCH3 is 1. The molecule has 0 fully saturated rings. The SMILES string of the molecule is C=CC(C)Oc1c(OC)cccc1C(=O)O. The van der Waals surface area contributed by atoms with E-state index in [0.29, 0.717) is 5.75 Å². The summed E-state index contributed by atoms with van der Waals surface area (Å²) >= 11 is 0. The summed E-state index contributed by atoms with van der Waals surface area (Å²) in [6.45, 7) is 5.34. The van der Waals surface area contributed by atoms with Crippen molar-refractivity contribution < 1.29 is 19.4 Å². The summed E-state index contributed by atoms with van der Waals surface area (Å²) < 4.78 is 10.5. The molecule has 0 heterocycles. The first kappa shape index (κ1) is 12.1. The normalized spacial score (nSPS) is 11.6. The highest BCUT2D eigenvalue weighted by atomic mass is 16.5. The van der Waals surface area contributed by atoms with Crippen LogP contribution in [0.1, 0.15) is 17.3 Å². The van der Waals surface area contributed by atoms with Gasteiger partial charge in [-0.05, 0) is 19.1 Å². The third-order valence-electron chi connectivity index (χ3n) is 2.06. The van der Waals surface area contributed by atoms with Gasteiger partial charge in [0.2, 0.25) is 0 Å². The minimum absolute atomic E-state index is 0.0769. The number of ether oxygens (including phenoxy) is 2. The lowest BCUT2D eigenvalue weighted by Gasteiger charge is -2.15. The summed E-state index contributed by atoms with van der Waals surface area (Å²) in [7, 11) is 1.46. The van der Waals surface area contributed by atoms with Crippen LogP contribution in [0, 0.1) is 0 Å². The van der Waals surface area contributed by atoms with Gasteiger partial charge in [0.1, 0.15) is 11.7 Å². The molecule has 1 unspecified atom stereocenters. The summed E-state index contributed by atoms with van der Waals surface area (Å²) in [6.07, 6.45) is 1.30. The van der Waals surface area contributed by atoms with Gasteiger partial charge in [-0.3, -0.25) is 0 Å². The molecule has 16 heavy (non-hydrogen) atoms. The first-order valence-electron chi connectivity index (χ1n) is 4.79. The van der Waals surface area contributed by atoms with E-state index >= 15 is 0 Å². The minimum atomic E-state index is -1.05. The molecule has 1 rings (SSSR count). The molecule has 0 amide bonds. The van der Waals surface area contributed by atoms with Crippen LogP contribution < -0.4 is 9.47 Å². The quantitative estimate of drug-likeness (QED) is 0.777. The lowest BCUT2D eigenvalue weighted by atomic mass is 10.2. The molecule has 4 heteroatoms. The lowest BCUT2D eigenvalue weighted by Crippen LogP contribution is -2.12. The molecule has 0 saturated heterocycles. The summed E-state index contributed by atoms with van der Waals surface area (Å²) in [5, 5.41) is 9.01. The Bertz CT molecular complexity index is 398. The van der Waals surface area contributed by atoms with Gasteiger partial charge in [0, 0.05) is 0 Å². The summed E-state index contributed by atoms with van der Waals surface area (Å²) in [5.74, 6) is -0.427. The molecule has 0 saturated carbocycles. The van der Waals surface area contributed by atoms with Crippen LogP contribution in [0.5, 0.6) is 11.5 Å². The maximum absolute atomic E-state index is 11.0. The molecule has 1 aromatic carbocycles. The smallest absolute Gasteiger partial charge is 0.339 e. The van der Waals surface area contributed by atoms with Crippen LogP contribution in [0.2, 0.25) is 0 Å². The molecule has 1 atom stereocenters. The number of carboxylic acid groups (broad SMARTS) is 1. The van der Waals surface area contributed by atoms with Gasteiger partial charge in [-0.15, -0.1) is 0 Å². The van der Waals surface area contributed by atoms with Crippen molar-refractivity contribution in [1.29, 1.82) is 0 Å². The van der Waals surface area contributed by atoms with Gasteiger partial charge < -0.3 is 14.6 Å². The van der Waals surface area contributed by atoms with Crippen molar-refractivity contribution in [2.24, 2.45) is 0 Å². The lowest BCUT2D eigenvalue weighted by molar-refractivity contribution is 0.0690. The fourth-order valence-electron chi connectivity index (χ4n) is 1.20. The fourth-order valence-corrected chi connectivity index (χ4v) is 1.20. The average Bonchev–Trinajstić information content (AvgIpc) is 2.28. The number of benzene rings is 1. The van der Waals surface area contributed by atoms with Gasteiger partial charge in [0.25, 0.3) is 0 Å². The molecule has 0 bridgehead atoms. The summed E-state index contributed by atoms with van der Waals surface area (Å²) in [5.41, 5.74) is 0.0769. The summed E-state index contributed by atoms with van der Waals surface area (Å²) in [4.78, 5) is 11.0. The molecular formula is C12H14O4. The van der Waals surface area contributed by atoms with Crippen LogP contribution in [0.25, 0.3) is 0 Å². The van der Waals surface area contributed by atoms with Crippen molar-refractivity contribution in [3.8, 4) is 11.5 Å². The Morgan fingerprint density at radius 3 is 2.75 bits per heavy atom. The first-order chi connectivity index (χ1) is 7.60. The second-order valence-corrected chi connectivity index (χ2v) is 3.20. The van der Waals surface area contributed by atoms with Gasteiger partial charge in [0.05, 0.1) is 7.11 Å². The monoisotopic (exact) mass is 222 g/mol. The maximum atomic E-state index is 11.0. The topological polar surface area (TPSA) is 55.8 Å². The van der Waals surface area contributed by atoms with Crippen LogP contribution in [-0.2, 0) is 0 Å². The molecule has 4 nitrogen and oxygen atoms in total. The van der Waals surface area contributed by atoms with Crippen molar-refractivity contribution in [1.82, 2.24) is 0 Å². The second kappa shape index (κ2) is 5.21. The van der Waals surface area contributed by atoms with E-state index in [1.54, 1.807) is 25.1 Å². The van der Waals surface area contributed by atoms with Crippen LogP contribution >= 0.6 is 0 Å². The fraction of sp³-hybridized carbons (Fsp3) is 0.250. The summed E-state index contributed by atoms with van der Waals surface area (Å²) in [6, 6.07) is 4.72. The maximum Gasteiger partial charge on any atom is 0.339 e. The van der Waals surface area contributed by atoms with Crippen LogP contribution in [0.4, 0.5) is 0 Å². The van der Waals surface area contributed by atoms with E-state index in [9.17, 15) is 4.79 Å². The number of hydrogen-bond acceptors (Lipinski definition) is 3. The highest BCUT2D eigenvalue weighted by molar-refractivity contribution is 5.92. The number of carboxylic acids is 1. The Morgan fingerprint density at radius 2 is 2.25 bits per heavy atom. The number of rotatable bonds is 5. The van der Waals surface area contributed by atoms with E-state index in [2.05, 4.69) is 6.58 Å². The van der Waals surface area contributed by atoms with Gasteiger partial charge in [-0.2, -0.15) is 0 Å². The van der Waals surface area contributed by atoms with Crippen molar-refractivity contribution in [2.45, 2.75) is 13.0 Å². The predicted octanol–water partition coefficient (Wildman–Crippen LogP) is 2.35. The van der Waals surface area contributed by atoms with Crippen molar-refractivity contribution >= 4 is 5.97 Å². The van der Waals surface area contributed by atoms with Gasteiger partial charge in [-0.25, -0.2) is 4.79 Å². The van der Waals surface area contributed by atoms with Crippen LogP contribution in [0.3, 0.4) is 0 Å². The minimum Gasteiger partial charge on any atom is -0.493 e. The van der Waals surface area contributed by atoms with E-state index in [4.69, 9.17) is 14.6 Å². The zero-order chi connectivity index (χ0) is 12.1. The van der Waals surface area contributed by atoms with Crippen molar-refractivity contribution in [2.75, 3.05) is 7.11 Å². The van der Waals surface area contributed by atoms with E-state index in [0.717, 1.165) is 0 Å². The number of carbonyl (C=O) groups is 1. The Kier molecular flexibility index (Phi) is 3.94. The third kappa shape index (κ3) is 2.53. The largest absolute Gasteiger partial charge is 0.493 e. The molecule has 0 aliphatic rings. The van der Waals surface area contributed by atoms with E-state index in [-0.39, 0.29) is 17.4 Å². The highest BCUT2D eigenvalue weighted by Gasteiger charge is 2.17. The average molecular weight is 222 g/mol. The standard InChI is InChI=1S/C12H14O4/c1-4-8(2)16-11-9(12(13)14)6-5-7-10(11)15-3/h4-8H,1H2,2-3H3,(H,13,14). The molecular weight excluding hydrogens is 208 g/mol. The number of para-hydroxylation sites is 1. The molecule has 0 aliphatic carbocycles. The van der Waals surface area contributed by atoms with Gasteiger partial charge in [-0.1, -0.05) is 18.7 Å². The van der Waals surface area contributed by atoms with Crippen LogP contribution in [0.15, 0.2) is 30.9 Å². The molecule has 0 radical (unpaired) electrons. The Morgan fingerprint density at radius 1 is 1.56 bits per heavy atom. The zero-order valence-corrected chi connectivity index (χ0v) is 9.27. The molecule has 1 N–H and O–H groups in total. The third-order valence-corrected chi connectivity index (χ3v) is 2.06. The zero-order valence-electron chi connectivity index (χ0n) is 9.27. The Hall–Kier alpha value is -1.97. The Labute approximate surface area is 94.1 Å². The predicted molar refractivity (Wildman–Crippen MR) is 60.2 cm³/mol. The van der Waals surface area contributed by atoms with E-state index < -0.39 is 5.97 Å². The van der Waals surface area contributed by atoms with Gasteiger partial charge in [0.15, 0.2) is 11.5 Å². The molecule has 86 valence electrons. The van der Waals surface area contributed by atoms with Crippen molar-refractivity contribution in [3.63, 3.8) is 0 Å². The van der Waals surface area contributed by atoms with Crippen LogP contribution in [-0.4, -0.2) is 24.3 Å². The molecule has 0 spiro atoms. The number of aromatic carboxylic acids is 1. The molecule has 1 aromatic rings. The molecule has 0 aromatic heterocycles. The molecule has 0 aliphatic heterocycles. The Balaban J connectivity index is 3.19. The highest BCUT2D eigenvalue weighted by Crippen LogP contribution is 2.31. The van der Waals surface area contributed by atoms with Crippen molar-refractivity contribution in [3.05, 3.63) is 36.4 Å². The second-order valence-electron chi connectivity index (χ2n) is 3.20. The number of hydrogen-bond donors (Lipinski definition) is 1. The first-order valence-corrected chi connectivity index (χ1v) is 4.79. The van der Waals surface area contributed by atoms with E-state index in [1.807, 2.05) is 0 Å².